The number of ether oxygens (including phenoxy) is 1. The molecule has 0 bridgehead atoms. The van der Waals surface area contributed by atoms with Crippen LogP contribution in [0.4, 0.5) is 20.4 Å². The van der Waals surface area contributed by atoms with Gasteiger partial charge in [-0.15, -0.1) is 0 Å². The molecule has 0 spiro atoms. The van der Waals surface area contributed by atoms with E-state index >= 15 is 0 Å². The van der Waals surface area contributed by atoms with Gasteiger partial charge in [0.05, 0.1) is 13.7 Å². The van der Waals surface area contributed by atoms with Crippen LogP contribution in [0.5, 0.6) is 5.75 Å². The molecule has 0 unspecified atom stereocenters. The first kappa shape index (κ1) is 18.8. The molecule has 0 aliphatic rings. The summed E-state index contributed by atoms with van der Waals surface area (Å²) in [5.41, 5.74) is 1.48. The van der Waals surface area contributed by atoms with E-state index in [2.05, 4.69) is 10.3 Å². The first-order valence-corrected chi connectivity index (χ1v) is 8.37. The molecule has 0 saturated heterocycles. The van der Waals surface area contributed by atoms with Gasteiger partial charge in [-0.1, -0.05) is 17.7 Å². The lowest BCUT2D eigenvalue weighted by Crippen LogP contribution is -2.18. The van der Waals surface area contributed by atoms with Crippen molar-refractivity contribution in [2.45, 2.75) is 13.5 Å². The van der Waals surface area contributed by atoms with Crippen LogP contribution in [0, 0.1) is 18.6 Å². The van der Waals surface area contributed by atoms with E-state index in [4.69, 9.17) is 16.3 Å². The summed E-state index contributed by atoms with van der Waals surface area (Å²) >= 11 is 5.91. The average Bonchev–Trinajstić information content (AvgIpc) is 2.64. The molecule has 0 radical (unpaired) electrons. The number of methoxy groups -OCH3 is 1. The largest absolute Gasteiger partial charge is 0.497 e. The number of nitrogens with zero attached hydrogens (tertiary/aromatic N) is 2. The van der Waals surface area contributed by atoms with Crippen LogP contribution in [0.15, 0.2) is 47.4 Å². The molecule has 1 N–H and O–H groups in total. The predicted molar refractivity (Wildman–Crippen MR) is 100.0 cm³/mol. The van der Waals surface area contributed by atoms with Crippen LogP contribution in [-0.4, -0.2) is 16.7 Å². The van der Waals surface area contributed by atoms with Crippen molar-refractivity contribution in [3.8, 4) is 5.75 Å². The Kier molecular flexibility index (Phi) is 5.41. The zero-order chi connectivity index (χ0) is 19.6. The van der Waals surface area contributed by atoms with E-state index in [0.29, 0.717) is 17.0 Å². The minimum Gasteiger partial charge on any atom is -0.497 e. The minimum absolute atomic E-state index is 0.0745. The molecule has 0 fully saturated rings. The van der Waals surface area contributed by atoms with E-state index in [9.17, 15) is 13.6 Å². The summed E-state index contributed by atoms with van der Waals surface area (Å²) in [6, 6.07) is 8.97. The van der Waals surface area contributed by atoms with E-state index in [1.165, 1.54) is 12.3 Å². The number of anilines is 2. The molecule has 0 amide bonds. The zero-order valence-corrected chi connectivity index (χ0v) is 15.3. The molecule has 3 rings (SSSR count). The van der Waals surface area contributed by atoms with Crippen LogP contribution in [0.2, 0.25) is 5.02 Å². The van der Waals surface area contributed by atoms with Gasteiger partial charge in [0.15, 0.2) is 11.6 Å². The molecule has 0 aliphatic carbocycles. The molecule has 27 heavy (non-hydrogen) atoms. The van der Waals surface area contributed by atoms with Gasteiger partial charge in [-0.05, 0) is 48.4 Å². The van der Waals surface area contributed by atoms with Crippen LogP contribution in [0.3, 0.4) is 0 Å². The van der Waals surface area contributed by atoms with Crippen LogP contribution in [0.1, 0.15) is 11.1 Å². The van der Waals surface area contributed by atoms with Gasteiger partial charge in [0.25, 0.3) is 5.56 Å². The van der Waals surface area contributed by atoms with Crippen molar-refractivity contribution < 1.29 is 13.5 Å². The third-order valence-corrected chi connectivity index (χ3v) is 4.23. The average molecular weight is 392 g/mol. The highest BCUT2D eigenvalue weighted by atomic mass is 35.5. The maximum Gasteiger partial charge on any atom is 0.293 e. The lowest BCUT2D eigenvalue weighted by atomic mass is 10.2. The molecule has 0 atom stereocenters. The highest BCUT2D eigenvalue weighted by Crippen LogP contribution is 2.24. The van der Waals surface area contributed by atoms with Gasteiger partial charge in [0.1, 0.15) is 10.8 Å². The molecule has 1 aromatic heterocycles. The summed E-state index contributed by atoms with van der Waals surface area (Å²) in [7, 11) is 1.57. The number of aryl methyl sites for hydroxylation is 1. The number of nitrogens with one attached hydrogen (secondary N) is 1. The summed E-state index contributed by atoms with van der Waals surface area (Å²) in [4.78, 5) is 15.8. The Labute approximate surface area is 159 Å². The van der Waals surface area contributed by atoms with Crippen LogP contribution in [-0.2, 0) is 6.54 Å². The Morgan fingerprint density at radius 2 is 1.96 bits per heavy atom. The van der Waals surface area contributed by atoms with Gasteiger partial charge >= 0.3 is 0 Å². The molecule has 140 valence electrons. The Hall–Kier alpha value is -2.93. The molecule has 8 heteroatoms. The second-order valence-corrected chi connectivity index (χ2v) is 6.31. The van der Waals surface area contributed by atoms with Crippen molar-refractivity contribution in [3.05, 3.63) is 80.7 Å². The normalized spacial score (nSPS) is 10.7. The topological polar surface area (TPSA) is 56.1 Å². The number of hydrogen-bond donors (Lipinski definition) is 1. The molecule has 2 aromatic carbocycles. The Morgan fingerprint density at radius 3 is 2.63 bits per heavy atom. The molecule has 5 nitrogen and oxygen atoms in total. The van der Waals surface area contributed by atoms with Gasteiger partial charge in [0, 0.05) is 11.9 Å². The highest BCUT2D eigenvalue weighted by Gasteiger charge is 2.11. The van der Waals surface area contributed by atoms with E-state index in [0.717, 1.165) is 17.7 Å². The summed E-state index contributed by atoms with van der Waals surface area (Å²) in [5, 5.41) is 3.00. The Morgan fingerprint density at radius 1 is 1.19 bits per heavy atom. The molecular formula is C19H16ClF2N3O2. The number of hydrogen-bond acceptors (Lipinski definition) is 4. The van der Waals surface area contributed by atoms with Crippen LogP contribution >= 0.6 is 11.6 Å². The molecule has 1 heterocycles. The highest BCUT2D eigenvalue weighted by molar-refractivity contribution is 6.30. The van der Waals surface area contributed by atoms with Crippen LogP contribution < -0.4 is 15.6 Å². The van der Waals surface area contributed by atoms with Crippen molar-refractivity contribution in [1.82, 2.24) is 9.55 Å². The van der Waals surface area contributed by atoms with E-state index in [1.54, 1.807) is 23.8 Å². The monoisotopic (exact) mass is 391 g/mol. The second kappa shape index (κ2) is 7.75. The van der Waals surface area contributed by atoms with Gasteiger partial charge in [-0.2, -0.15) is 4.98 Å². The predicted octanol–water partition coefficient (Wildman–Crippen LogP) is 4.28. The fraction of sp³-hybridized carbons (Fsp3) is 0.158. The maximum atomic E-state index is 13.5. The smallest absolute Gasteiger partial charge is 0.293 e. The van der Waals surface area contributed by atoms with Crippen molar-refractivity contribution >= 4 is 23.2 Å². The first-order valence-electron chi connectivity index (χ1n) is 8.00. The molecule has 0 saturated carbocycles. The van der Waals surface area contributed by atoms with Gasteiger partial charge < -0.3 is 14.6 Å². The molecule has 3 aromatic rings. The maximum absolute atomic E-state index is 13.5. The number of halogens is 3. The number of aromatic nitrogens is 2. The van der Waals surface area contributed by atoms with Gasteiger partial charge in [-0.3, -0.25) is 4.79 Å². The van der Waals surface area contributed by atoms with E-state index < -0.39 is 17.2 Å². The molecule has 0 aliphatic heterocycles. The summed E-state index contributed by atoms with van der Waals surface area (Å²) in [5.74, 6) is -0.959. The fourth-order valence-electron chi connectivity index (χ4n) is 2.55. The summed E-state index contributed by atoms with van der Waals surface area (Å²) < 4.78 is 33.4. The Bertz CT molecular complexity index is 1050. The molecular weight excluding hydrogens is 376 g/mol. The Balaban J connectivity index is 1.98. The number of benzene rings is 2. The van der Waals surface area contributed by atoms with Crippen molar-refractivity contribution in [3.63, 3.8) is 0 Å². The van der Waals surface area contributed by atoms with E-state index in [1.807, 2.05) is 13.0 Å². The second-order valence-electron chi connectivity index (χ2n) is 5.90. The standard InChI is InChI=1S/C19H16ClF2N3O2/c1-11-7-13(27-2)4-6-17(11)23-19-24-18(26)14(20)10-25(19)9-12-3-5-15(21)16(22)8-12/h3-8,10H,9H2,1-2H3,(H,23,24,26). The first-order chi connectivity index (χ1) is 12.9. The number of rotatable bonds is 5. The summed E-state index contributed by atoms with van der Waals surface area (Å²) in [6.45, 7) is 2.01. The zero-order valence-electron chi connectivity index (χ0n) is 14.6. The lowest BCUT2D eigenvalue weighted by molar-refractivity contribution is 0.414. The van der Waals surface area contributed by atoms with Crippen molar-refractivity contribution in [2.24, 2.45) is 0 Å². The van der Waals surface area contributed by atoms with Gasteiger partial charge in [0.2, 0.25) is 5.95 Å². The van der Waals surface area contributed by atoms with Crippen molar-refractivity contribution in [2.75, 3.05) is 12.4 Å². The quantitative estimate of drug-likeness (QED) is 0.705. The lowest BCUT2D eigenvalue weighted by Gasteiger charge is -2.16. The van der Waals surface area contributed by atoms with Crippen LogP contribution in [0.25, 0.3) is 0 Å². The van der Waals surface area contributed by atoms with Gasteiger partial charge in [-0.25, -0.2) is 8.78 Å². The third kappa shape index (κ3) is 4.25. The SMILES string of the molecule is COc1ccc(Nc2nc(=O)c(Cl)cn2Cc2ccc(F)c(F)c2)c(C)c1. The third-order valence-electron chi connectivity index (χ3n) is 3.97. The van der Waals surface area contributed by atoms with E-state index in [-0.39, 0.29) is 17.5 Å². The fourth-order valence-corrected chi connectivity index (χ4v) is 2.71. The van der Waals surface area contributed by atoms with Crippen molar-refractivity contribution in [1.29, 1.82) is 0 Å². The minimum atomic E-state index is -0.951. The summed E-state index contributed by atoms with van der Waals surface area (Å²) in [6.07, 6.45) is 1.40.